The minimum absolute atomic E-state index is 0.0503. The Morgan fingerprint density at radius 2 is 1.71 bits per heavy atom. The maximum atomic E-state index is 12.1. The van der Waals surface area contributed by atoms with Gasteiger partial charge in [-0.05, 0) is 43.7 Å². The predicted octanol–water partition coefficient (Wildman–Crippen LogP) is 3.91. The van der Waals surface area contributed by atoms with Gasteiger partial charge in [-0.2, -0.15) is 0 Å². The van der Waals surface area contributed by atoms with Gasteiger partial charge < -0.3 is 20.1 Å². The van der Waals surface area contributed by atoms with Gasteiger partial charge in [0.15, 0.2) is 6.61 Å². The van der Waals surface area contributed by atoms with E-state index in [4.69, 9.17) is 9.47 Å². The van der Waals surface area contributed by atoms with Crippen molar-refractivity contribution in [2.45, 2.75) is 46.3 Å². The Kier molecular flexibility index (Phi) is 8.34. The fraction of sp³-hybridized carbons (Fsp3) is 0.364. The van der Waals surface area contributed by atoms with Gasteiger partial charge in [0.1, 0.15) is 11.5 Å². The smallest absolute Gasteiger partial charge is 0.258 e. The lowest BCUT2D eigenvalue weighted by molar-refractivity contribution is -0.123. The zero-order valence-electron chi connectivity index (χ0n) is 16.7. The largest absolute Gasteiger partial charge is 0.490 e. The SMILES string of the molecule is CCC(=O)Nc1ccc(OCC(=O)NCc2ccccc2O[C@H](C)CC)cc1. The highest BCUT2D eigenvalue weighted by atomic mass is 16.5. The van der Waals surface area contributed by atoms with Crippen LogP contribution in [0.2, 0.25) is 0 Å². The average Bonchev–Trinajstić information content (AvgIpc) is 2.72. The third kappa shape index (κ3) is 6.95. The third-order valence-electron chi connectivity index (χ3n) is 4.18. The highest BCUT2D eigenvalue weighted by Crippen LogP contribution is 2.20. The number of hydrogen-bond acceptors (Lipinski definition) is 4. The lowest BCUT2D eigenvalue weighted by Crippen LogP contribution is -2.28. The van der Waals surface area contributed by atoms with E-state index < -0.39 is 0 Å². The molecule has 0 bridgehead atoms. The first-order valence-corrected chi connectivity index (χ1v) is 9.55. The van der Waals surface area contributed by atoms with E-state index in [0.717, 1.165) is 17.7 Å². The van der Waals surface area contributed by atoms with E-state index in [1.54, 1.807) is 31.2 Å². The molecule has 0 aliphatic heterocycles. The van der Waals surface area contributed by atoms with Crippen molar-refractivity contribution in [2.24, 2.45) is 0 Å². The first-order valence-electron chi connectivity index (χ1n) is 9.55. The predicted molar refractivity (Wildman–Crippen MR) is 110 cm³/mol. The Morgan fingerprint density at radius 3 is 2.39 bits per heavy atom. The van der Waals surface area contributed by atoms with E-state index in [9.17, 15) is 9.59 Å². The van der Waals surface area contributed by atoms with Crippen LogP contribution in [-0.2, 0) is 16.1 Å². The summed E-state index contributed by atoms with van der Waals surface area (Å²) in [5.41, 5.74) is 1.62. The molecule has 6 heteroatoms. The molecule has 6 nitrogen and oxygen atoms in total. The van der Waals surface area contributed by atoms with E-state index in [2.05, 4.69) is 17.6 Å². The molecule has 2 N–H and O–H groups in total. The van der Waals surface area contributed by atoms with Gasteiger partial charge in [0.05, 0.1) is 6.10 Å². The zero-order valence-corrected chi connectivity index (χ0v) is 16.7. The molecule has 2 rings (SSSR count). The van der Waals surface area contributed by atoms with Crippen molar-refractivity contribution < 1.29 is 19.1 Å². The van der Waals surface area contributed by atoms with Crippen LogP contribution in [-0.4, -0.2) is 24.5 Å². The van der Waals surface area contributed by atoms with Crippen LogP contribution in [0.5, 0.6) is 11.5 Å². The van der Waals surface area contributed by atoms with Crippen LogP contribution < -0.4 is 20.1 Å². The monoisotopic (exact) mass is 384 g/mol. The molecule has 0 saturated heterocycles. The Hall–Kier alpha value is -3.02. The molecule has 0 saturated carbocycles. The molecule has 0 aromatic heterocycles. The summed E-state index contributed by atoms with van der Waals surface area (Å²) in [5, 5.41) is 5.60. The van der Waals surface area contributed by atoms with Gasteiger partial charge in [0, 0.05) is 24.2 Å². The highest BCUT2D eigenvalue weighted by molar-refractivity contribution is 5.90. The standard InChI is InChI=1S/C22H28N2O4/c1-4-16(3)28-20-9-7-6-8-17(20)14-23-22(26)15-27-19-12-10-18(11-13-19)24-21(25)5-2/h6-13,16H,4-5,14-15H2,1-3H3,(H,23,26)(H,24,25)/t16-/m1/s1. The number of carbonyl (C=O) groups excluding carboxylic acids is 2. The minimum atomic E-state index is -0.221. The van der Waals surface area contributed by atoms with Gasteiger partial charge in [-0.1, -0.05) is 32.0 Å². The van der Waals surface area contributed by atoms with E-state index in [-0.39, 0.29) is 24.5 Å². The van der Waals surface area contributed by atoms with Gasteiger partial charge in [-0.3, -0.25) is 9.59 Å². The maximum absolute atomic E-state index is 12.1. The summed E-state index contributed by atoms with van der Waals surface area (Å²) in [4.78, 5) is 23.5. The Balaban J connectivity index is 1.81. The van der Waals surface area contributed by atoms with Crippen LogP contribution in [0.4, 0.5) is 5.69 Å². The minimum Gasteiger partial charge on any atom is -0.490 e. The number of carbonyl (C=O) groups is 2. The fourth-order valence-electron chi connectivity index (χ4n) is 2.34. The number of anilines is 1. The molecular formula is C22H28N2O4. The quantitative estimate of drug-likeness (QED) is 0.651. The summed E-state index contributed by atoms with van der Waals surface area (Å²) >= 11 is 0. The molecule has 0 fully saturated rings. The Labute approximate surface area is 166 Å². The van der Waals surface area contributed by atoms with Gasteiger partial charge in [0.25, 0.3) is 5.91 Å². The molecule has 28 heavy (non-hydrogen) atoms. The van der Waals surface area contributed by atoms with Crippen molar-refractivity contribution in [3.8, 4) is 11.5 Å². The first-order chi connectivity index (χ1) is 13.5. The second-order valence-electron chi connectivity index (χ2n) is 6.44. The van der Waals surface area contributed by atoms with Gasteiger partial charge in [-0.25, -0.2) is 0 Å². The van der Waals surface area contributed by atoms with Crippen LogP contribution in [0.1, 0.15) is 39.2 Å². The lowest BCUT2D eigenvalue weighted by atomic mass is 10.2. The molecule has 0 heterocycles. The molecule has 0 aliphatic carbocycles. The molecule has 0 radical (unpaired) electrons. The number of ether oxygens (including phenoxy) is 2. The fourth-order valence-corrected chi connectivity index (χ4v) is 2.34. The molecule has 0 spiro atoms. The van der Waals surface area contributed by atoms with Gasteiger partial charge >= 0.3 is 0 Å². The van der Waals surface area contributed by atoms with E-state index >= 15 is 0 Å². The molecule has 2 aromatic rings. The second kappa shape index (κ2) is 11.0. The summed E-state index contributed by atoms with van der Waals surface area (Å²) in [6.07, 6.45) is 1.45. The normalized spacial score (nSPS) is 11.4. The van der Waals surface area contributed by atoms with Gasteiger partial charge in [-0.15, -0.1) is 0 Å². The molecular weight excluding hydrogens is 356 g/mol. The van der Waals surface area contributed by atoms with Crippen LogP contribution in [0.3, 0.4) is 0 Å². The van der Waals surface area contributed by atoms with Crippen LogP contribution in [0.15, 0.2) is 48.5 Å². The number of rotatable bonds is 10. The van der Waals surface area contributed by atoms with Crippen molar-refractivity contribution in [1.82, 2.24) is 5.32 Å². The Bertz CT molecular complexity index is 774. The first kappa shape index (κ1) is 21.3. The van der Waals surface area contributed by atoms with E-state index in [0.29, 0.717) is 24.4 Å². The third-order valence-corrected chi connectivity index (χ3v) is 4.18. The summed E-state index contributed by atoms with van der Waals surface area (Å²) in [7, 11) is 0. The van der Waals surface area contributed by atoms with Crippen LogP contribution >= 0.6 is 0 Å². The number of hydrogen-bond donors (Lipinski definition) is 2. The molecule has 0 unspecified atom stereocenters. The summed E-state index contributed by atoms with van der Waals surface area (Å²) in [6, 6.07) is 14.6. The average molecular weight is 384 g/mol. The Morgan fingerprint density at radius 1 is 1.00 bits per heavy atom. The topological polar surface area (TPSA) is 76.7 Å². The van der Waals surface area contributed by atoms with E-state index in [1.807, 2.05) is 31.2 Å². The van der Waals surface area contributed by atoms with Crippen molar-refractivity contribution >= 4 is 17.5 Å². The van der Waals surface area contributed by atoms with Crippen molar-refractivity contribution in [2.75, 3.05) is 11.9 Å². The molecule has 1 atom stereocenters. The molecule has 2 aromatic carbocycles. The number of amides is 2. The van der Waals surface area contributed by atoms with Crippen molar-refractivity contribution in [3.63, 3.8) is 0 Å². The van der Waals surface area contributed by atoms with E-state index in [1.165, 1.54) is 0 Å². The summed E-state index contributed by atoms with van der Waals surface area (Å²) in [5.74, 6) is 1.07. The van der Waals surface area contributed by atoms with Gasteiger partial charge in [0.2, 0.25) is 5.91 Å². The summed E-state index contributed by atoms with van der Waals surface area (Å²) in [6.45, 7) is 6.16. The van der Waals surface area contributed by atoms with Crippen molar-refractivity contribution in [1.29, 1.82) is 0 Å². The zero-order chi connectivity index (χ0) is 20.4. The second-order valence-corrected chi connectivity index (χ2v) is 6.44. The lowest BCUT2D eigenvalue weighted by Gasteiger charge is -2.16. The molecule has 2 amide bonds. The summed E-state index contributed by atoms with van der Waals surface area (Å²) < 4.78 is 11.4. The molecule has 150 valence electrons. The number of nitrogens with one attached hydrogen (secondary N) is 2. The van der Waals surface area contributed by atoms with Crippen molar-refractivity contribution in [3.05, 3.63) is 54.1 Å². The number of benzene rings is 2. The molecule has 0 aliphatic rings. The highest BCUT2D eigenvalue weighted by Gasteiger charge is 2.09. The van der Waals surface area contributed by atoms with Crippen LogP contribution in [0.25, 0.3) is 0 Å². The number of para-hydroxylation sites is 1. The van der Waals surface area contributed by atoms with Crippen LogP contribution in [0, 0.1) is 0 Å². The maximum Gasteiger partial charge on any atom is 0.258 e.